The number of thiazole rings is 1. The topological polar surface area (TPSA) is 250 Å². The summed E-state index contributed by atoms with van der Waals surface area (Å²) in [6, 6.07) is 0.612. The van der Waals surface area contributed by atoms with E-state index < -0.39 is 46.5 Å². The number of nitrogens with two attached hydrogens (primary N) is 2. The van der Waals surface area contributed by atoms with Gasteiger partial charge in [0, 0.05) is 22.6 Å². The molecule has 45 heavy (non-hydrogen) atoms. The Balaban J connectivity index is 1.35. The maximum Gasteiger partial charge on any atom is 0.352 e. The molecule has 5 rings (SSSR count). The van der Waals surface area contributed by atoms with Crippen LogP contribution in [0.4, 0.5) is 5.13 Å². The second-order valence-electron chi connectivity index (χ2n) is 10.8. The fourth-order valence-corrected chi connectivity index (χ4v) is 7.23. The van der Waals surface area contributed by atoms with E-state index in [0.29, 0.717) is 16.3 Å². The van der Waals surface area contributed by atoms with Gasteiger partial charge in [0.2, 0.25) is 5.82 Å². The number of carbonyl (C=O) groups excluding carboxylic acids is 4. The third-order valence-electron chi connectivity index (χ3n) is 6.37. The summed E-state index contributed by atoms with van der Waals surface area (Å²) in [5, 5.41) is 21.9. The zero-order chi connectivity index (χ0) is 32.8. The minimum Gasteiger partial charge on any atom is -0.477 e. The highest BCUT2D eigenvalue weighted by atomic mass is 32.2. The lowest BCUT2D eigenvalue weighted by molar-refractivity contribution is -0.153. The van der Waals surface area contributed by atoms with Crippen molar-refractivity contribution in [2.45, 2.75) is 44.1 Å². The largest absolute Gasteiger partial charge is 0.477 e. The van der Waals surface area contributed by atoms with Crippen LogP contribution >= 0.6 is 34.9 Å². The van der Waals surface area contributed by atoms with Crippen molar-refractivity contribution in [2.24, 2.45) is 16.3 Å². The minimum absolute atomic E-state index is 0.0397. The zero-order valence-electron chi connectivity index (χ0n) is 24.1. The molecule has 5 heterocycles. The number of thioether (sulfide) groups is 2. The third-order valence-corrected chi connectivity index (χ3v) is 9.46. The molecule has 1 fully saturated rings. The van der Waals surface area contributed by atoms with E-state index in [1.54, 1.807) is 33.8 Å². The van der Waals surface area contributed by atoms with Gasteiger partial charge in [-0.3, -0.25) is 19.3 Å². The highest BCUT2D eigenvalue weighted by Gasteiger charge is 2.54. The summed E-state index contributed by atoms with van der Waals surface area (Å²) in [6.07, 6.45) is 0. The van der Waals surface area contributed by atoms with Crippen LogP contribution in [0.1, 0.15) is 42.8 Å². The van der Waals surface area contributed by atoms with Crippen LogP contribution in [0.2, 0.25) is 0 Å². The molecule has 17 nitrogen and oxygen atoms in total. The molecule has 3 aromatic heterocycles. The van der Waals surface area contributed by atoms with Crippen LogP contribution in [0.25, 0.3) is 5.78 Å². The van der Waals surface area contributed by atoms with Crippen molar-refractivity contribution in [1.82, 2.24) is 34.8 Å². The molecule has 0 saturated carbocycles. The number of rotatable bonds is 9. The van der Waals surface area contributed by atoms with Crippen molar-refractivity contribution < 1.29 is 33.9 Å². The van der Waals surface area contributed by atoms with Gasteiger partial charge in [0.25, 0.3) is 23.5 Å². The number of anilines is 1. The Hall–Kier alpha value is -4.56. The molecule has 3 aromatic rings. The lowest BCUT2D eigenvalue weighted by Gasteiger charge is -2.49. The number of nitrogens with zero attached hydrogens (tertiary/aromatic N) is 7. The lowest BCUT2D eigenvalue weighted by Crippen LogP contribution is -2.71. The first-order valence-corrected chi connectivity index (χ1v) is 16.0. The molecule has 20 heteroatoms. The van der Waals surface area contributed by atoms with Gasteiger partial charge in [-0.1, -0.05) is 5.16 Å². The summed E-state index contributed by atoms with van der Waals surface area (Å²) in [5.74, 6) is -4.00. The minimum atomic E-state index is -1.31. The number of nitrogens with one attached hydrogen (secondary N) is 1. The van der Waals surface area contributed by atoms with Gasteiger partial charge < -0.3 is 26.7 Å². The highest BCUT2D eigenvalue weighted by molar-refractivity contribution is 8.01. The standard InChI is InChI=1S/C25H26N10O7S3/c1-9-5-12(35-24(28-9)31-17(32-35)16(26)36)43-6-10-7-44-20-14(19(38)34(20)15(10)21(39)40)30-18(37)13(11-8-45-23(27)29-11)33-42-22(41)25(2,3)4/h5,8,14,20H,6-7H2,1-4H3,(H2,26,36)(H2,27,29)(H,30,37)(H,39,40)/t14-,20-/m1/s1. The fraction of sp³-hybridized carbons (Fsp3) is 0.360. The van der Waals surface area contributed by atoms with Crippen LogP contribution < -0.4 is 16.8 Å². The zero-order valence-corrected chi connectivity index (χ0v) is 26.6. The van der Waals surface area contributed by atoms with Crippen LogP contribution in [0, 0.1) is 12.3 Å². The number of carboxylic acid groups (broad SMARTS) is 1. The molecule has 2 aliphatic rings. The monoisotopic (exact) mass is 674 g/mol. The summed E-state index contributed by atoms with van der Waals surface area (Å²) in [7, 11) is 0. The molecule has 6 N–H and O–H groups in total. The number of aryl methyl sites for hydroxylation is 1. The molecule has 3 amide bonds. The molecular formula is C25H26N10O7S3. The Bertz CT molecular complexity index is 1830. The average Bonchev–Trinajstić information content (AvgIpc) is 3.59. The number of carboxylic acids is 1. The first kappa shape index (κ1) is 31.9. The van der Waals surface area contributed by atoms with Gasteiger partial charge >= 0.3 is 11.9 Å². The van der Waals surface area contributed by atoms with E-state index >= 15 is 0 Å². The highest BCUT2D eigenvalue weighted by Crippen LogP contribution is 2.41. The number of β-lactam (4-membered cyclic amide) rings is 1. The summed E-state index contributed by atoms with van der Waals surface area (Å²) >= 11 is 3.53. The van der Waals surface area contributed by atoms with Gasteiger partial charge in [-0.05, 0) is 39.3 Å². The van der Waals surface area contributed by atoms with Crippen molar-refractivity contribution in [3.63, 3.8) is 0 Å². The number of amides is 3. The Morgan fingerprint density at radius 1 is 1.24 bits per heavy atom. The van der Waals surface area contributed by atoms with Crippen LogP contribution in [0.5, 0.6) is 0 Å². The Morgan fingerprint density at radius 3 is 2.60 bits per heavy atom. The Labute approximate surface area is 266 Å². The molecule has 0 aliphatic carbocycles. The number of primary amides is 1. The number of aliphatic carboxylic acids is 1. The lowest BCUT2D eigenvalue weighted by atomic mass is 9.98. The van der Waals surface area contributed by atoms with E-state index in [0.717, 1.165) is 16.2 Å². The normalized spacial score (nSPS) is 18.4. The van der Waals surface area contributed by atoms with Gasteiger partial charge in [-0.15, -0.1) is 40.0 Å². The molecule has 0 bridgehead atoms. The van der Waals surface area contributed by atoms with Crippen LogP contribution in [-0.2, 0) is 24.0 Å². The summed E-state index contributed by atoms with van der Waals surface area (Å²) in [5.41, 5.74) is 10.6. The number of carbonyl (C=O) groups is 5. The predicted octanol–water partition coefficient (Wildman–Crippen LogP) is 0.395. The van der Waals surface area contributed by atoms with Crippen molar-refractivity contribution >= 4 is 81.1 Å². The maximum atomic E-state index is 13.3. The molecule has 0 unspecified atom stereocenters. The fourth-order valence-electron chi connectivity index (χ4n) is 4.15. The maximum absolute atomic E-state index is 13.3. The average molecular weight is 675 g/mol. The molecule has 0 radical (unpaired) electrons. The van der Waals surface area contributed by atoms with E-state index in [4.69, 9.17) is 16.3 Å². The summed E-state index contributed by atoms with van der Waals surface area (Å²) in [6.45, 7) is 6.56. The number of aromatic nitrogens is 5. The molecule has 2 aliphatic heterocycles. The number of hydrogen-bond donors (Lipinski definition) is 4. The molecule has 0 aromatic carbocycles. The van der Waals surface area contributed by atoms with Gasteiger partial charge in [0.15, 0.2) is 10.8 Å². The van der Waals surface area contributed by atoms with Crippen LogP contribution in [-0.4, -0.2) is 92.9 Å². The molecular weight excluding hydrogens is 649 g/mol. The van der Waals surface area contributed by atoms with E-state index in [1.165, 1.54) is 33.4 Å². The number of fused-ring (bicyclic) bond motifs is 2. The molecule has 1 saturated heterocycles. The SMILES string of the molecule is Cc1cc(SCC2=C(C(=O)O)N3C(=O)[C@@H](NC(=O)C(=NOC(=O)C(C)(C)C)c4csc(N)n4)[C@H]3SC2)n2nc(C(N)=O)nc2n1. The van der Waals surface area contributed by atoms with Gasteiger partial charge in [0.1, 0.15) is 27.8 Å². The van der Waals surface area contributed by atoms with Crippen LogP contribution in [0.3, 0.4) is 0 Å². The van der Waals surface area contributed by atoms with Crippen LogP contribution in [0.15, 0.2) is 32.9 Å². The van der Waals surface area contributed by atoms with Gasteiger partial charge in [-0.2, -0.15) is 9.50 Å². The van der Waals surface area contributed by atoms with E-state index in [-0.39, 0.29) is 45.3 Å². The second kappa shape index (κ2) is 12.1. The number of hydrogen-bond acceptors (Lipinski definition) is 15. The van der Waals surface area contributed by atoms with Crippen molar-refractivity contribution in [2.75, 3.05) is 17.2 Å². The smallest absolute Gasteiger partial charge is 0.352 e. The number of oxime groups is 1. The molecule has 236 valence electrons. The third kappa shape index (κ3) is 6.33. The first-order valence-electron chi connectivity index (χ1n) is 13.0. The number of nitrogen functional groups attached to an aromatic ring is 1. The predicted molar refractivity (Wildman–Crippen MR) is 163 cm³/mol. The van der Waals surface area contributed by atoms with E-state index in [9.17, 15) is 29.1 Å². The Morgan fingerprint density at radius 2 is 1.98 bits per heavy atom. The summed E-state index contributed by atoms with van der Waals surface area (Å²) in [4.78, 5) is 81.2. The first-order chi connectivity index (χ1) is 21.1. The Kier molecular flexibility index (Phi) is 8.55. The molecule has 0 spiro atoms. The quantitative estimate of drug-likeness (QED) is 0.0599. The van der Waals surface area contributed by atoms with Gasteiger partial charge in [-0.25, -0.2) is 19.6 Å². The van der Waals surface area contributed by atoms with Crippen molar-refractivity contribution in [3.05, 3.63) is 39.9 Å². The van der Waals surface area contributed by atoms with Crippen molar-refractivity contribution in [3.8, 4) is 0 Å². The molecule has 2 atom stereocenters. The second-order valence-corrected chi connectivity index (χ2v) is 13.8. The van der Waals surface area contributed by atoms with Gasteiger partial charge in [0.05, 0.1) is 5.41 Å². The van der Waals surface area contributed by atoms with Crippen molar-refractivity contribution in [1.29, 1.82) is 0 Å². The summed E-state index contributed by atoms with van der Waals surface area (Å²) < 4.78 is 1.34. The van der Waals surface area contributed by atoms with E-state index in [2.05, 4.69) is 30.5 Å². The van der Waals surface area contributed by atoms with E-state index in [1.807, 2.05) is 0 Å².